The van der Waals surface area contributed by atoms with Gasteiger partial charge in [-0.2, -0.15) is 5.10 Å². The number of guanidine groups is 1. The minimum atomic E-state index is 0. The van der Waals surface area contributed by atoms with Crippen molar-refractivity contribution >= 4 is 41.5 Å². The van der Waals surface area contributed by atoms with Gasteiger partial charge >= 0.3 is 0 Å². The van der Waals surface area contributed by atoms with Crippen LogP contribution in [0.2, 0.25) is 5.02 Å². The molecule has 1 aromatic heterocycles. The Labute approximate surface area is 194 Å². The summed E-state index contributed by atoms with van der Waals surface area (Å²) in [5.74, 6) is 0.966. The molecule has 1 atom stereocenters. The Bertz CT molecular complexity index is 851. The first-order valence-corrected chi connectivity index (χ1v) is 10.4. The summed E-state index contributed by atoms with van der Waals surface area (Å²) in [6.07, 6.45) is 6.26. The van der Waals surface area contributed by atoms with Gasteiger partial charge in [0, 0.05) is 42.3 Å². The second kappa shape index (κ2) is 9.66. The number of morpholine rings is 1. The van der Waals surface area contributed by atoms with Crippen LogP contribution in [-0.2, 0) is 17.2 Å². The van der Waals surface area contributed by atoms with E-state index in [0.29, 0.717) is 6.61 Å². The summed E-state index contributed by atoms with van der Waals surface area (Å²) in [5.41, 5.74) is 2.55. The third kappa shape index (κ3) is 5.24. The molecule has 0 amide bonds. The smallest absolute Gasteiger partial charge is 0.194 e. The molecule has 158 valence electrons. The lowest BCUT2D eigenvalue weighted by Crippen LogP contribution is -2.48. The molecule has 1 aliphatic carbocycles. The van der Waals surface area contributed by atoms with Gasteiger partial charge in [-0.05, 0) is 37.5 Å². The van der Waals surface area contributed by atoms with Gasteiger partial charge in [-0.1, -0.05) is 23.7 Å². The number of halogens is 2. The van der Waals surface area contributed by atoms with E-state index in [9.17, 15) is 0 Å². The molecule has 2 aromatic rings. The van der Waals surface area contributed by atoms with Gasteiger partial charge < -0.3 is 15.0 Å². The van der Waals surface area contributed by atoms with E-state index in [4.69, 9.17) is 21.3 Å². The van der Waals surface area contributed by atoms with Crippen molar-refractivity contribution in [3.05, 3.63) is 52.8 Å². The third-order valence-corrected chi connectivity index (χ3v) is 5.85. The number of benzene rings is 1. The van der Waals surface area contributed by atoms with Crippen LogP contribution < -0.4 is 5.32 Å². The molecule has 0 spiro atoms. The van der Waals surface area contributed by atoms with E-state index in [-0.39, 0.29) is 35.5 Å². The molecule has 1 unspecified atom stereocenters. The van der Waals surface area contributed by atoms with Gasteiger partial charge in [0.25, 0.3) is 0 Å². The van der Waals surface area contributed by atoms with Crippen molar-refractivity contribution in [1.29, 1.82) is 0 Å². The Morgan fingerprint density at radius 2 is 2.24 bits per heavy atom. The lowest BCUT2D eigenvalue weighted by atomic mass is 9.96. The van der Waals surface area contributed by atoms with Gasteiger partial charge in [-0.25, -0.2) is 0 Å². The Balaban J connectivity index is 0.00000240. The Kier molecular flexibility index (Phi) is 7.45. The van der Waals surface area contributed by atoms with Gasteiger partial charge in [0.2, 0.25) is 0 Å². The third-order valence-electron chi connectivity index (χ3n) is 5.62. The highest BCUT2D eigenvalue weighted by Gasteiger charge is 2.44. The summed E-state index contributed by atoms with van der Waals surface area (Å²) in [7, 11) is 1.93. The number of ether oxygens (including phenoxy) is 1. The van der Waals surface area contributed by atoms with Gasteiger partial charge in [0.1, 0.15) is 6.10 Å². The van der Waals surface area contributed by atoms with Crippen LogP contribution in [0.4, 0.5) is 0 Å². The topological polar surface area (TPSA) is 54.7 Å². The van der Waals surface area contributed by atoms with Crippen molar-refractivity contribution in [3.8, 4) is 0 Å². The highest BCUT2D eigenvalue weighted by atomic mass is 127. The average Bonchev–Trinajstić information content (AvgIpc) is 3.38. The summed E-state index contributed by atoms with van der Waals surface area (Å²) in [6, 6.07) is 8.23. The van der Waals surface area contributed by atoms with Crippen molar-refractivity contribution in [2.24, 2.45) is 12.0 Å². The fraction of sp³-hybridized carbons (Fsp3) is 0.524. The quantitative estimate of drug-likeness (QED) is 0.364. The first-order chi connectivity index (χ1) is 13.6. The Hall–Kier alpha value is -1.32. The van der Waals surface area contributed by atoms with Crippen molar-refractivity contribution in [2.75, 3.05) is 32.8 Å². The molecule has 4 rings (SSSR count). The number of rotatable bonds is 5. The zero-order valence-electron chi connectivity index (χ0n) is 17.0. The Morgan fingerprint density at radius 1 is 1.41 bits per heavy atom. The summed E-state index contributed by atoms with van der Waals surface area (Å²) in [5, 5.41) is 8.54. The monoisotopic (exact) mass is 529 g/mol. The maximum atomic E-state index is 6.21. The summed E-state index contributed by atoms with van der Waals surface area (Å²) < 4.78 is 7.80. The standard InChI is InChI=1S/C21H28ClN5O.HI/c1-3-23-20(24-15-21(7-8-21)17-5-4-6-18(22)11-17)27-9-10-28-19(14-27)16-12-25-26(2)13-16;/h4-6,11-13,19H,3,7-10,14-15H2,1-2H3,(H,23,24);1H. The van der Waals surface area contributed by atoms with Crippen molar-refractivity contribution < 1.29 is 4.74 Å². The lowest BCUT2D eigenvalue weighted by Gasteiger charge is -2.35. The average molecular weight is 530 g/mol. The minimum Gasteiger partial charge on any atom is -0.370 e. The zero-order chi connectivity index (χ0) is 19.6. The predicted octanol–water partition coefficient (Wildman–Crippen LogP) is 3.76. The first kappa shape index (κ1) is 22.4. The second-order valence-corrected chi connectivity index (χ2v) is 8.15. The number of aromatic nitrogens is 2. The first-order valence-electron chi connectivity index (χ1n) is 9.99. The van der Waals surface area contributed by atoms with E-state index in [1.54, 1.807) is 0 Å². The highest BCUT2D eigenvalue weighted by molar-refractivity contribution is 14.0. The molecular formula is C21H29ClIN5O. The highest BCUT2D eigenvalue weighted by Crippen LogP contribution is 2.48. The van der Waals surface area contributed by atoms with Crippen molar-refractivity contribution in [1.82, 2.24) is 20.0 Å². The van der Waals surface area contributed by atoms with E-state index in [0.717, 1.165) is 55.6 Å². The molecule has 29 heavy (non-hydrogen) atoms. The molecule has 8 heteroatoms. The summed E-state index contributed by atoms with van der Waals surface area (Å²) in [6.45, 7) is 6.04. The molecule has 0 radical (unpaired) electrons. The van der Waals surface area contributed by atoms with E-state index in [1.807, 2.05) is 36.3 Å². The molecule has 1 saturated heterocycles. The number of aliphatic imine (C=N–C) groups is 1. The van der Waals surface area contributed by atoms with Crippen LogP contribution in [0.3, 0.4) is 0 Å². The van der Waals surface area contributed by atoms with Gasteiger partial charge in [0.15, 0.2) is 5.96 Å². The normalized spacial score (nSPS) is 20.9. The van der Waals surface area contributed by atoms with E-state index in [2.05, 4.69) is 34.4 Å². The van der Waals surface area contributed by atoms with Crippen LogP contribution in [0.25, 0.3) is 0 Å². The summed E-state index contributed by atoms with van der Waals surface area (Å²) >= 11 is 6.21. The number of hydrogen-bond acceptors (Lipinski definition) is 3. The minimum absolute atomic E-state index is 0. The van der Waals surface area contributed by atoms with Crippen molar-refractivity contribution in [2.45, 2.75) is 31.3 Å². The number of nitrogens with one attached hydrogen (secondary N) is 1. The van der Waals surface area contributed by atoms with E-state index < -0.39 is 0 Å². The second-order valence-electron chi connectivity index (χ2n) is 7.71. The molecule has 0 bridgehead atoms. The molecule has 1 N–H and O–H groups in total. The molecule has 2 aliphatic rings. The van der Waals surface area contributed by atoms with Crippen molar-refractivity contribution in [3.63, 3.8) is 0 Å². The van der Waals surface area contributed by atoms with Crippen LogP contribution in [0.5, 0.6) is 0 Å². The maximum Gasteiger partial charge on any atom is 0.194 e. The largest absolute Gasteiger partial charge is 0.370 e. The number of aryl methyl sites for hydroxylation is 1. The summed E-state index contributed by atoms with van der Waals surface area (Å²) in [4.78, 5) is 7.33. The molecule has 1 aliphatic heterocycles. The lowest BCUT2D eigenvalue weighted by molar-refractivity contribution is -0.00805. The van der Waals surface area contributed by atoms with Gasteiger partial charge in [-0.15, -0.1) is 24.0 Å². The van der Waals surface area contributed by atoms with Crippen LogP contribution in [0.15, 0.2) is 41.7 Å². The molecule has 2 heterocycles. The Morgan fingerprint density at radius 3 is 2.90 bits per heavy atom. The molecule has 1 aromatic carbocycles. The van der Waals surface area contributed by atoms with Crippen LogP contribution >= 0.6 is 35.6 Å². The van der Waals surface area contributed by atoms with Gasteiger partial charge in [-0.3, -0.25) is 9.67 Å². The van der Waals surface area contributed by atoms with Crippen LogP contribution in [0, 0.1) is 0 Å². The van der Waals surface area contributed by atoms with Crippen LogP contribution in [-0.4, -0.2) is 53.4 Å². The number of hydrogen-bond donors (Lipinski definition) is 1. The maximum absolute atomic E-state index is 6.21. The molecule has 6 nitrogen and oxygen atoms in total. The molecular weight excluding hydrogens is 501 g/mol. The molecule has 1 saturated carbocycles. The fourth-order valence-corrected chi connectivity index (χ4v) is 4.00. The SMILES string of the molecule is CCNC(=NCC1(c2cccc(Cl)c2)CC1)N1CCOC(c2cnn(C)c2)C1.I. The van der Waals surface area contributed by atoms with Gasteiger partial charge in [0.05, 0.1) is 25.9 Å². The number of nitrogens with zero attached hydrogens (tertiary/aromatic N) is 4. The van der Waals surface area contributed by atoms with E-state index >= 15 is 0 Å². The molecule has 2 fully saturated rings. The fourth-order valence-electron chi connectivity index (χ4n) is 3.81. The van der Waals surface area contributed by atoms with E-state index in [1.165, 1.54) is 5.56 Å². The van der Waals surface area contributed by atoms with Crippen LogP contribution in [0.1, 0.15) is 37.0 Å². The predicted molar refractivity (Wildman–Crippen MR) is 127 cm³/mol. The zero-order valence-corrected chi connectivity index (χ0v) is 20.1.